The minimum atomic E-state index is -0.547. The number of ketones is 1. The molecule has 0 radical (unpaired) electrons. The van der Waals surface area contributed by atoms with Gasteiger partial charge in [0.2, 0.25) is 0 Å². The maximum atomic E-state index is 13.1. The molecule has 2 heterocycles. The van der Waals surface area contributed by atoms with Gasteiger partial charge in [-0.15, -0.1) is 0 Å². The highest BCUT2D eigenvalue weighted by molar-refractivity contribution is 6.31. The number of hydrogen-bond acceptors (Lipinski definition) is 6. The Balaban J connectivity index is 1.50. The van der Waals surface area contributed by atoms with Crippen LogP contribution in [0.15, 0.2) is 60.8 Å². The molecule has 9 nitrogen and oxygen atoms in total. The molecule has 10 heteroatoms. The molecule has 0 unspecified atom stereocenters. The summed E-state index contributed by atoms with van der Waals surface area (Å²) in [6.07, 6.45) is 2.18. The monoisotopic (exact) mass is 464 g/mol. The number of nitro groups is 1. The first-order chi connectivity index (χ1) is 15.8. The predicted octanol–water partition coefficient (Wildman–Crippen LogP) is 4.52. The molecule has 0 saturated carbocycles. The SMILES string of the molecule is O=C(Nc1ccc(C(=O)N2CCCC(=O)c3cc(Cl)ccc32)nc1)c1ccc([N+](=O)[O-])cc1. The molecule has 1 aliphatic rings. The van der Waals surface area contributed by atoms with E-state index in [0.29, 0.717) is 41.3 Å². The van der Waals surface area contributed by atoms with Crippen molar-refractivity contribution < 1.29 is 19.3 Å². The standard InChI is InChI=1S/C23H17ClN4O5/c24-15-5-10-20-18(12-15)21(29)2-1-11-27(20)23(31)19-9-6-16(13-25-19)26-22(30)14-3-7-17(8-4-14)28(32)33/h3-10,12-13H,1-2,11H2,(H,26,30). The van der Waals surface area contributed by atoms with Crippen molar-refractivity contribution in [3.8, 4) is 0 Å². The number of Topliss-reactive ketones (excluding diaryl/α,β-unsaturated/α-hetero) is 1. The van der Waals surface area contributed by atoms with Crippen molar-refractivity contribution in [2.24, 2.45) is 0 Å². The van der Waals surface area contributed by atoms with E-state index >= 15 is 0 Å². The first-order valence-electron chi connectivity index (χ1n) is 10.00. The summed E-state index contributed by atoms with van der Waals surface area (Å²) >= 11 is 6.03. The van der Waals surface area contributed by atoms with Crippen LogP contribution in [-0.2, 0) is 0 Å². The summed E-state index contributed by atoms with van der Waals surface area (Å²) in [6.45, 7) is 0.361. The van der Waals surface area contributed by atoms with Crippen molar-refractivity contribution in [2.45, 2.75) is 12.8 Å². The zero-order chi connectivity index (χ0) is 23.5. The molecule has 2 aromatic carbocycles. The minimum Gasteiger partial charge on any atom is -0.321 e. The number of rotatable bonds is 4. The molecule has 0 atom stereocenters. The number of halogens is 1. The average Bonchev–Trinajstić information content (AvgIpc) is 2.97. The highest BCUT2D eigenvalue weighted by Crippen LogP contribution is 2.30. The van der Waals surface area contributed by atoms with Gasteiger partial charge in [-0.25, -0.2) is 4.98 Å². The molecule has 4 rings (SSSR count). The maximum absolute atomic E-state index is 13.1. The predicted molar refractivity (Wildman–Crippen MR) is 122 cm³/mol. The van der Waals surface area contributed by atoms with E-state index < -0.39 is 10.8 Å². The molecular formula is C23H17ClN4O5. The molecular weight excluding hydrogens is 448 g/mol. The highest BCUT2D eigenvalue weighted by Gasteiger charge is 2.27. The Morgan fingerprint density at radius 1 is 1.09 bits per heavy atom. The number of aromatic nitrogens is 1. The van der Waals surface area contributed by atoms with Crippen LogP contribution in [0.5, 0.6) is 0 Å². The van der Waals surface area contributed by atoms with Crippen LogP contribution < -0.4 is 10.2 Å². The average molecular weight is 465 g/mol. The fraction of sp³-hybridized carbons (Fsp3) is 0.130. The molecule has 0 spiro atoms. The van der Waals surface area contributed by atoms with Gasteiger partial charge in [-0.2, -0.15) is 0 Å². The van der Waals surface area contributed by atoms with Gasteiger partial charge in [-0.1, -0.05) is 11.6 Å². The number of nitrogens with zero attached hydrogens (tertiary/aromatic N) is 3. The quantitative estimate of drug-likeness (QED) is 0.447. The third-order valence-electron chi connectivity index (χ3n) is 5.16. The van der Waals surface area contributed by atoms with Gasteiger partial charge in [0.05, 0.1) is 22.5 Å². The molecule has 2 amide bonds. The highest BCUT2D eigenvalue weighted by atomic mass is 35.5. The van der Waals surface area contributed by atoms with Crippen LogP contribution in [0, 0.1) is 10.1 Å². The van der Waals surface area contributed by atoms with Crippen LogP contribution in [0.2, 0.25) is 5.02 Å². The number of fused-ring (bicyclic) bond motifs is 1. The Bertz CT molecular complexity index is 1260. The molecule has 0 aliphatic carbocycles. The first-order valence-corrected chi connectivity index (χ1v) is 10.4. The van der Waals surface area contributed by atoms with Crippen molar-refractivity contribution in [2.75, 3.05) is 16.8 Å². The van der Waals surface area contributed by atoms with Crippen LogP contribution in [-0.4, -0.2) is 34.0 Å². The van der Waals surface area contributed by atoms with Gasteiger partial charge in [0, 0.05) is 41.2 Å². The lowest BCUT2D eigenvalue weighted by Gasteiger charge is -2.22. The summed E-state index contributed by atoms with van der Waals surface area (Å²) in [6, 6.07) is 13.0. The second-order valence-electron chi connectivity index (χ2n) is 7.34. The van der Waals surface area contributed by atoms with Crippen molar-refractivity contribution >= 4 is 46.3 Å². The van der Waals surface area contributed by atoms with E-state index in [0.717, 1.165) is 0 Å². The zero-order valence-electron chi connectivity index (χ0n) is 17.2. The van der Waals surface area contributed by atoms with Gasteiger partial charge >= 0.3 is 0 Å². The topological polar surface area (TPSA) is 123 Å². The molecule has 0 bridgehead atoms. The molecule has 3 aromatic rings. The largest absolute Gasteiger partial charge is 0.321 e. The number of hydrogen-bond donors (Lipinski definition) is 1. The lowest BCUT2D eigenvalue weighted by molar-refractivity contribution is -0.384. The van der Waals surface area contributed by atoms with Gasteiger partial charge < -0.3 is 10.2 Å². The van der Waals surface area contributed by atoms with Gasteiger partial charge in [0.25, 0.3) is 17.5 Å². The van der Waals surface area contributed by atoms with E-state index in [9.17, 15) is 24.5 Å². The Morgan fingerprint density at radius 3 is 2.52 bits per heavy atom. The Labute approximate surface area is 193 Å². The van der Waals surface area contributed by atoms with Crippen molar-refractivity contribution in [1.29, 1.82) is 0 Å². The number of anilines is 2. The fourth-order valence-corrected chi connectivity index (χ4v) is 3.67. The Kier molecular flexibility index (Phi) is 6.14. The molecule has 0 saturated heterocycles. The van der Waals surface area contributed by atoms with Crippen LogP contribution in [0.3, 0.4) is 0 Å². The molecule has 33 heavy (non-hydrogen) atoms. The van der Waals surface area contributed by atoms with Gasteiger partial charge in [0.15, 0.2) is 5.78 Å². The summed E-state index contributed by atoms with van der Waals surface area (Å²) in [5.41, 5.74) is 1.52. The van der Waals surface area contributed by atoms with E-state index in [2.05, 4.69) is 10.3 Å². The van der Waals surface area contributed by atoms with Crippen LogP contribution in [0.25, 0.3) is 0 Å². The molecule has 1 aromatic heterocycles. The van der Waals surface area contributed by atoms with Gasteiger partial charge in [-0.05, 0) is 48.9 Å². The normalized spacial score (nSPS) is 13.1. The second-order valence-corrected chi connectivity index (χ2v) is 7.77. The Morgan fingerprint density at radius 2 is 1.85 bits per heavy atom. The van der Waals surface area contributed by atoms with Crippen molar-refractivity contribution in [3.63, 3.8) is 0 Å². The maximum Gasteiger partial charge on any atom is 0.276 e. The molecule has 0 fully saturated rings. The van der Waals surface area contributed by atoms with Gasteiger partial charge in [0.1, 0.15) is 5.69 Å². The number of pyridine rings is 1. The summed E-state index contributed by atoms with van der Waals surface area (Å²) in [7, 11) is 0. The minimum absolute atomic E-state index is 0.0694. The number of carbonyl (C=O) groups is 3. The van der Waals surface area contributed by atoms with E-state index in [4.69, 9.17) is 11.6 Å². The summed E-state index contributed by atoms with van der Waals surface area (Å²) < 4.78 is 0. The number of nitro benzene ring substituents is 1. The number of non-ortho nitro benzene ring substituents is 1. The molecule has 1 aliphatic heterocycles. The van der Waals surface area contributed by atoms with Crippen molar-refractivity contribution in [1.82, 2.24) is 4.98 Å². The van der Waals surface area contributed by atoms with Crippen molar-refractivity contribution in [3.05, 3.63) is 92.8 Å². The van der Waals surface area contributed by atoms with E-state index in [1.54, 1.807) is 18.2 Å². The molecule has 166 valence electrons. The lowest BCUT2D eigenvalue weighted by atomic mass is 10.1. The van der Waals surface area contributed by atoms with E-state index in [1.165, 1.54) is 47.5 Å². The van der Waals surface area contributed by atoms with Crippen LogP contribution in [0.1, 0.15) is 44.0 Å². The van der Waals surface area contributed by atoms with Crippen LogP contribution >= 0.6 is 11.6 Å². The van der Waals surface area contributed by atoms with E-state index in [-0.39, 0.29) is 28.6 Å². The third-order valence-corrected chi connectivity index (χ3v) is 5.40. The zero-order valence-corrected chi connectivity index (χ0v) is 17.9. The number of nitrogens with one attached hydrogen (secondary N) is 1. The molecule has 1 N–H and O–H groups in total. The van der Waals surface area contributed by atoms with Gasteiger partial charge in [-0.3, -0.25) is 24.5 Å². The lowest BCUT2D eigenvalue weighted by Crippen LogP contribution is -2.32. The summed E-state index contributed by atoms with van der Waals surface area (Å²) in [5.74, 6) is -0.913. The smallest absolute Gasteiger partial charge is 0.276 e. The Hall–Kier alpha value is -4.11. The number of benzene rings is 2. The summed E-state index contributed by atoms with van der Waals surface area (Å²) in [5, 5.41) is 13.8. The third kappa shape index (κ3) is 4.73. The fourth-order valence-electron chi connectivity index (χ4n) is 3.50. The number of amides is 2. The van der Waals surface area contributed by atoms with Crippen LogP contribution in [0.4, 0.5) is 17.1 Å². The number of carbonyl (C=O) groups excluding carboxylic acids is 3. The second kappa shape index (κ2) is 9.17. The summed E-state index contributed by atoms with van der Waals surface area (Å²) in [4.78, 5) is 53.8. The first kappa shape index (κ1) is 22.1. The van der Waals surface area contributed by atoms with E-state index in [1.807, 2.05) is 0 Å².